The molecule has 21 heavy (non-hydrogen) atoms. The number of rotatable bonds is 4. The third-order valence-corrected chi connectivity index (χ3v) is 6.15. The fourth-order valence-electron chi connectivity index (χ4n) is 3.55. The van der Waals surface area contributed by atoms with Crippen LogP contribution in [-0.2, 0) is 16.4 Å². The van der Waals surface area contributed by atoms with Crippen molar-refractivity contribution in [2.45, 2.75) is 38.9 Å². The number of hydrogen-bond donors (Lipinski definition) is 0. The number of oxazole rings is 1. The van der Waals surface area contributed by atoms with Crippen LogP contribution in [0.15, 0.2) is 10.7 Å². The maximum absolute atomic E-state index is 12.1. The molecule has 0 spiro atoms. The Hall–Kier alpha value is -0.920. The van der Waals surface area contributed by atoms with Gasteiger partial charge in [0.25, 0.3) is 0 Å². The van der Waals surface area contributed by atoms with Gasteiger partial charge < -0.3 is 4.42 Å². The first-order chi connectivity index (χ1) is 9.98. The Morgan fingerprint density at radius 1 is 1.29 bits per heavy atom. The average Bonchev–Trinajstić information content (AvgIpc) is 2.95. The maximum Gasteiger partial charge on any atom is 0.191 e. The highest BCUT2D eigenvalue weighted by Gasteiger charge is 2.46. The summed E-state index contributed by atoms with van der Waals surface area (Å²) in [4.78, 5) is 8.95. The zero-order chi connectivity index (χ0) is 15.0. The van der Waals surface area contributed by atoms with Gasteiger partial charge in [0.1, 0.15) is 6.26 Å². The molecule has 0 saturated carbocycles. The minimum absolute atomic E-state index is 0.0901. The summed E-state index contributed by atoms with van der Waals surface area (Å²) in [5.74, 6) is 1.23. The molecular weight excluding hydrogens is 290 g/mol. The summed E-state index contributed by atoms with van der Waals surface area (Å²) >= 11 is 0. The molecule has 2 atom stereocenters. The van der Waals surface area contributed by atoms with Crippen molar-refractivity contribution in [1.29, 1.82) is 0 Å². The summed E-state index contributed by atoms with van der Waals surface area (Å²) in [5, 5.41) is 0. The molecule has 0 amide bonds. The fourth-order valence-corrected chi connectivity index (χ4v) is 5.59. The van der Waals surface area contributed by atoms with Crippen LogP contribution in [0.4, 0.5) is 0 Å². The van der Waals surface area contributed by atoms with Crippen molar-refractivity contribution in [2.24, 2.45) is 0 Å². The second kappa shape index (κ2) is 5.70. The SMILES string of the molecule is CCCN1CCN(Cc2coc(C)n2)[C@H]2CS(=O)(=O)C[C@H]21. The van der Waals surface area contributed by atoms with Crippen LogP contribution in [0.2, 0.25) is 0 Å². The largest absolute Gasteiger partial charge is 0.449 e. The molecule has 0 N–H and O–H groups in total. The van der Waals surface area contributed by atoms with Gasteiger partial charge in [-0.2, -0.15) is 0 Å². The second-order valence-electron chi connectivity index (χ2n) is 6.08. The van der Waals surface area contributed by atoms with Gasteiger partial charge in [-0.15, -0.1) is 0 Å². The molecule has 1 aromatic heterocycles. The van der Waals surface area contributed by atoms with E-state index in [2.05, 4.69) is 21.7 Å². The summed E-state index contributed by atoms with van der Waals surface area (Å²) < 4.78 is 29.4. The lowest BCUT2D eigenvalue weighted by molar-refractivity contribution is 0.0398. The quantitative estimate of drug-likeness (QED) is 0.814. The fraction of sp³-hybridized carbons (Fsp3) is 0.786. The van der Waals surface area contributed by atoms with Gasteiger partial charge >= 0.3 is 0 Å². The molecule has 3 heterocycles. The first kappa shape index (κ1) is 15.0. The molecule has 0 radical (unpaired) electrons. The van der Waals surface area contributed by atoms with Crippen LogP contribution in [0, 0.1) is 6.92 Å². The lowest BCUT2D eigenvalue weighted by Gasteiger charge is -2.43. The van der Waals surface area contributed by atoms with E-state index in [-0.39, 0.29) is 17.8 Å². The highest BCUT2D eigenvalue weighted by Crippen LogP contribution is 2.28. The van der Waals surface area contributed by atoms with E-state index in [1.807, 2.05) is 6.92 Å². The maximum atomic E-state index is 12.1. The standard InChI is InChI=1S/C14H23N3O3S/c1-3-4-16-5-6-17(7-12-8-20-11(2)15-12)14-10-21(18,19)9-13(14)16/h8,13-14H,3-7,9-10H2,1-2H3/t13-,14+/m1/s1. The number of hydrogen-bond acceptors (Lipinski definition) is 6. The van der Waals surface area contributed by atoms with Gasteiger partial charge in [-0.1, -0.05) is 6.92 Å². The summed E-state index contributed by atoms with van der Waals surface area (Å²) in [5.41, 5.74) is 0.888. The monoisotopic (exact) mass is 313 g/mol. The molecule has 1 aromatic rings. The van der Waals surface area contributed by atoms with Crippen molar-refractivity contribution in [1.82, 2.24) is 14.8 Å². The van der Waals surface area contributed by atoms with Gasteiger partial charge in [-0.05, 0) is 13.0 Å². The molecule has 118 valence electrons. The number of sulfone groups is 1. The summed E-state index contributed by atoms with van der Waals surface area (Å²) in [7, 11) is -2.93. The summed E-state index contributed by atoms with van der Waals surface area (Å²) in [6.07, 6.45) is 2.73. The van der Waals surface area contributed by atoms with Crippen molar-refractivity contribution in [2.75, 3.05) is 31.1 Å². The molecule has 0 aromatic carbocycles. The number of fused-ring (bicyclic) bond motifs is 1. The van der Waals surface area contributed by atoms with Gasteiger partial charge in [0.2, 0.25) is 0 Å². The van der Waals surface area contributed by atoms with Crippen LogP contribution in [0.25, 0.3) is 0 Å². The zero-order valence-corrected chi connectivity index (χ0v) is 13.5. The lowest BCUT2D eigenvalue weighted by atomic mass is 10.0. The Labute approximate surface area is 126 Å². The van der Waals surface area contributed by atoms with Crippen molar-refractivity contribution in [3.8, 4) is 0 Å². The Morgan fingerprint density at radius 2 is 1.95 bits per heavy atom. The smallest absolute Gasteiger partial charge is 0.191 e. The Balaban J connectivity index is 1.77. The minimum atomic E-state index is -2.93. The number of piperazine rings is 1. The lowest BCUT2D eigenvalue weighted by Crippen LogP contribution is -2.58. The van der Waals surface area contributed by atoms with Crippen molar-refractivity contribution >= 4 is 9.84 Å². The van der Waals surface area contributed by atoms with Crippen LogP contribution < -0.4 is 0 Å². The zero-order valence-electron chi connectivity index (χ0n) is 12.7. The molecule has 2 fully saturated rings. The van der Waals surface area contributed by atoms with Gasteiger partial charge in [0, 0.05) is 38.6 Å². The van der Waals surface area contributed by atoms with Gasteiger partial charge in [-0.25, -0.2) is 13.4 Å². The first-order valence-electron chi connectivity index (χ1n) is 7.58. The third-order valence-electron chi connectivity index (χ3n) is 4.45. The molecule has 2 aliphatic rings. The van der Waals surface area contributed by atoms with Gasteiger partial charge in [-0.3, -0.25) is 9.80 Å². The molecular formula is C14H23N3O3S. The van der Waals surface area contributed by atoms with E-state index >= 15 is 0 Å². The Kier molecular flexibility index (Phi) is 4.07. The van der Waals surface area contributed by atoms with E-state index < -0.39 is 9.84 Å². The van der Waals surface area contributed by atoms with Crippen molar-refractivity contribution in [3.63, 3.8) is 0 Å². The van der Waals surface area contributed by atoms with Crippen LogP contribution in [0.5, 0.6) is 0 Å². The highest BCUT2D eigenvalue weighted by atomic mass is 32.2. The van der Waals surface area contributed by atoms with E-state index in [1.54, 1.807) is 6.26 Å². The van der Waals surface area contributed by atoms with E-state index in [0.29, 0.717) is 18.2 Å². The predicted molar refractivity (Wildman–Crippen MR) is 79.7 cm³/mol. The average molecular weight is 313 g/mol. The van der Waals surface area contributed by atoms with E-state index in [0.717, 1.165) is 31.7 Å². The molecule has 0 aliphatic carbocycles. The molecule has 0 bridgehead atoms. The molecule has 3 rings (SSSR count). The summed E-state index contributed by atoms with van der Waals surface area (Å²) in [6, 6.07) is 0.226. The number of aromatic nitrogens is 1. The third kappa shape index (κ3) is 3.14. The Morgan fingerprint density at radius 3 is 2.57 bits per heavy atom. The minimum Gasteiger partial charge on any atom is -0.449 e. The predicted octanol–water partition coefficient (Wildman–Crippen LogP) is 0.676. The van der Waals surface area contributed by atoms with Crippen LogP contribution >= 0.6 is 0 Å². The van der Waals surface area contributed by atoms with Crippen molar-refractivity contribution < 1.29 is 12.8 Å². The van der Waals surface area contributed by atoms with Crippen molar-refractivity contribution in [3.05, 3.63) is 17.8 Å². The van der Waals surface area contributed by atoms with E-state index in [4.69, 9.17) is 4.42 Å². The molecule has 0 unspecified atom stereocenters. The van der Waals surface area contributed by atoms with Gasteiger partial charge in [0.15, 0.2) is 15.7 Å². The van der Waals surface area contributed by atoms with E-state index in [1.165, 1.54) is 0 Å². The molecule has 2 aliphatic heterocycles. The number of nitrogens with zero attached hydrogens (tertiary/aromatic N) is 3. The highest BCUT2D eigenvalue weighted by molar-refractivity contribution is 7.91. The molecule has 7 heteroatoms. The normalized spacial score (nSPS) is 29.6. The Bertz CT molecular complexity index is 598. The van der Waals surface area contributed by atoms with E-state index in [9.17, 15) is 8.42 Å². The molecule has 2 saturated heterocycles. The van der Waals surface area contributed by atoms with Crippen LogP contribution in [0.3, 0.4) is 0 Å². The second-order valence-corrected chi connectivity index (χ2v) is 8.23. The summed E-state index contributed by atoms with van der Waals surface area (Å²) in [6.45, 7) is 7.44. The topological polar surface area (TPSA) is 66.7 Å². The van der Waals surface area contributed by atoms with Gasteiger partial charge in [0.05, 0.1) is 17.2 Å². The van der Waals surface area contributed by atoms with Crippen LogP contribution in [-0.4, -0.2) is 66.4 Å². The van der Waals surface area contributed by atoms with Crippen LogP contribution in [0.1, 0.15) is 24.9 Å². The number of aryl methyl sites for hydroxylation is 1. The molecule has 6 nitrogen and oxygen atoms in total. The first-order valence-corrected chi connectivity index (χ1v) is 9.40.